The first kappa shape index (κ1) is 20.3. The Morgan fingerprint density at radius 2 is 2.03 bits per heavy atom. The molecule has 0 unspecified atom stereocenters. The molecule has 1 aliphatic carbocycles. The van der Waals surface area contributed by atoms with Gasteiger partial charge in [-0.15, -0.1) is 0 Å². The van der Waals surface area contributed by atoms with Crippen molar-refractivity contribution in [2.45, 2.75) is 44.2 Å². The van der Waals surface area contributed by atoms with E-state index in [9.17, 15) is 14.4 Å². The zero-order chi connectivity index (χ0) is 22.5. The van der Waals surface area contributed by atoms with Crippen LogP contribution in [0.4, 0.5) is 0 Å². The summed E-state index contributed by atoms with van der Waals surface area (Å²) in [5.74, 6) is -1.20. The fraction of sp³-hybridized carbons (Fsp3) is 0.391. The zero-order valence-corrected chi connectivity index (χ0v) is 17.9. The average molecular weight is 435 g/mol. The molecule has 3 N–H and O–H groups in total. The van der Waals surface area contributed by atoms with Crippen LogP contribution in [0.15, 0.2) is 30.3 Å². The number of carbonyl (C=O) groups is 3. The summed E-state index contributed by atoms with van der Waals surface area (Å²) in [4.78, 5) is 44.0. The van der Waals surface area contributed by atoms with Gasteiger partial charge in [0.2, 0.25) is 0 Å². The summed E-state index contributed by atoms with van der Waals surface area (Å²) in [7, 11) is 1.72. The van der Waals surface area contributed by atoms with E-state index >= 15 is 0 Å². The number of hydrogen-bond donors (Lipinski definition) is 3. The number of rotatable bonds is 6. The van der Waals surface area contributed by atoms with Gasteiger partial charge in [0.15, 0.2) is 5.69 Å². The van der Waals surface area contributed by atoms with Crippen molar-refractivity contribution in [2.24, 2.45) is 0 Å². The minimum atomic E-state index is -0.861. The maximum Gasteiger partial charge on any atom is 0.303 e. The minimum absolute atomic E-state index is 0.0308. The predicted octanol–water partition coefficient (Wildman–Crippen LogP) is 2.56. The van der Waals surface area contributed by atoms with Crippen molar-refractivity contribution in [3.63, 3.8) is 0 Å². The molecule has 0 atom stereocenters. The molecule has 1 fully saturated rings. The minimum Gasteiger partial charge on any atom is -0.481 e. The molecule has 32 heavy (non-hydrogen) atoms. The van der Waals surface area contributed by atoms with E-state index < -0.39 is 11.5 Å². The molecule has 1 saturated carbocycles. The van der Waals surface area contributed by atoms with Gasteiger partial charge in [0, 0.05) is 54.1 Å². The number of benzene rings is 1. The SMILES string of the molecule is CN(C(=O)c1n[nH]c2c1CN(C(=O)c1cc3ccccc3[nH]1)CC2)C1(CCC(=O)O)CC1. The Labute approximate surface area is 184 Å². The monoisotopic (exact) mass is 435 g/mol. The van der Waals surface area contributed by atoms with Crippen LogP contribution < -0.4 is 0 Å². The second kappa shape index (κ2) is 7.51. The molecule has 5 rings (SSSR count). The number of carbonyl (C=O) groups excluding carboxylic acids is 2. The van der Waals surface area contributed by atoms with Crippen LogP contribution in [0.3, 0.4) is 0 Å². The number of H-pyrrole nitrogens is 2. The third kappa shape index (κ3) is 3.43. The average Bonchev–Trinajstić information content (AvgIpc) is 3.27. The summed E-state index contributed by atoms with van der Waals surface area (Å²) in [5, 5.41) is 17.3. The van der Waals surface area contributed by atoms with E-state index in [2.05, 4.69) is 15.2 Å². The van der Waals surface area contributed by atoms with Crippen LogP contribution in [0.2, 0.25) is 0 Å². The Hall–Kier alpha value is -3.62. The van der Waals surface area contributed by atoms with Gasteiger partial charge in [-0.05, 0) is 31.4 Å². The van der Waals surface area contributed by atoms with E-state index in [1.165, 1.54) is 0 Å². The van der Waals surface area contributed by atoms with Gasteiger partial charge in [0.25, 0.3) is 11.8 Å². The van der Waals surface area contributed by atoms with Gasteiger partial charge >= 0.3 is 5.97 Å². The standard InChI is InChI=1S/C23H25N5O4/c1-27(23(9-10-23)8-6-19(29)30)22(32)20-15-13-28(11-7-17(15)25-26-20)21(31)18-12-14-4-2-3-5-16(14)24-18/h2-5,12,24H,6-11,13H2,1H3,(H,25,26)(H,29,30). The second-order valence-electron chi connectivity index (χ2n) is 8.76. The quantitative estimate of drug-likeness (QED) is 0.549. The lowest BCUT2D eigenvalue weighted by molar-refractivity contribution is -0.137. The summed E-state index contributed by atoms with van der Waals surface area (Å²) in [6.45, 7) is 0.840. The molecule has 9 heteroatoms. The molecule has 1 aliphatic heterocycles. The number of nitrogens with one attached hydrogen (secondary N) is 2. The van der Waals surface area contributed by atoms with Gasteiger partial charge in [-0.3, -0.25) is 19.5 Å². The number of amides is 2. The zero-order valence-electron chi connectivity index (χ0n) is 17.9. The maximum atomic E-state index is 13.3. The lowest BCUT2D eigenvalue weighted by Crippen LogP contribution is -2.41. The summed E-state index contributed by atoms with van der Waals surface area (Å²) < 4.78 is 0. The van der Waals surface area contributed by atoms with Crippen molar-refractivity contribution in [2.75, 3.05) is 13.6 Å². The molecule has 2 aromatic heterocycles. The first-order valence-corrected chi connectivity index (χ1v) is 10.8. The van der Waals surface area contributed by atoms with E-state index in [4.69, 9.17) is 5.11 Å². The molecule has 2 amide bonds. The van der Waals surface area contributed by atoms with Crippen LogP contribution in [-0.2, 0) is 17.8 Å². The third-order valence-corrected chi connectivity index (χ3v) is 6.83. The summed E-state index contributed by atoms with van der Waals surface area (Å²) in [5.41, 5.74) is 2.96. The topological polar surface area (TPSA) is 122 Å². The predicted molar refractivity (Wildman–Crippen MR) is 116 cm³/mol. The van der Waals surface area contributed by atoms with Gasteiger partial charge in [0.1, 0.15) is 5.69 Å². The largest absolute Gasteiger partial charge is 0.481 e. The van der Waals surface area contributed by atoms with Gasteiger partial charge in [-0.2, -0.15) is 5.10 Å². The lowest BCUT2D eigenvalue weighted by Gasteiger charge is -2.29. The van der Waals surface area contributed by atoms with Crippen molar-refractivity contribution < 1.29 is 19.5 Å². The number of fused-ring (bicyclic) bond motifs is 2. The molecule has 9 nitrogen and oxygen atoms in total. The van der Waals surface area contributed by atoms with Gasteiger partial charge in [-0.25, -0.2) is 0 Å². The number of carboxylic acids is 1. The van der Waals surface area contributed by atoms with Crippen molar-refractivity contribution in [1.82, 2.24) is 25.0 Å². The Morgan fingerprint density at radius 3 is 2.75 bits per heavy atom. The molecule has 166 valence electrons. The van der Waals surface area contributed by atoms with Gasteiger partial charge < -0.3 is 19.9 Å². The molecule has 3 heterocycles. The Bertz CT molecular complexity index is 1190. The summed E-state index contributed by atoms with van der Waals surface area (Å²) in [6.07, 6.45) is 2.64. The second-order valence-corrected chi connectivity index (χ2v) is 8.76. The maximum absolute atomic E-state index is 13.3. The van der Waals surface area contributed by atoms with Crippen molar-refractivity contribution in [1.29, 1.82) is 0 Å². The molecular weight excluding hydrogens is 410 g/mol. The van der Waals surface area contributed by atoms with Crippen LogP contribution >= 0.6 is 0 Å². The normalized spacial score (nSPS) is 16.6. The number of para-hydroxylation sites is 1. The van der Waals surface area contributed by atoms with E-state index in [0.29, 0.717) is 37.3 Å². The lowest BCUT2D eigenvalue weighted by atomic mass is 10.0. The van der Waals surface area contributed by atoms with Crippen LogP contribution in [0.25, 0.3) is 10.9 Å². The van der Waals surface area contributed by atoms with Crippen LogP contribution in [0.5, 0.6) is 0 Å². The third-order valence-electron chi connectivity index (χ3n) is 6.83. The fourth-order valence-electron chi connectivity index (χ4n) is 4.62. The van der Waals surface area contributed by atoms with Crippen LogP contribution in [0, 0.1) is 0 Å². The van der Waals surface area contributed by atoms with Gasteiger partial charge in [-0.1, -0.05) is 18.2 Å². The molecule has 0 spiro atoms. The Morgan fingerprint density at radius 1 is 1.25 bits per heavy atom. The number of hydrogen-bond acceptors (Lipinski definition) is 4. The number of nitrogens with zero attached hydrogens (tertiary/aromatic N) is 3. The smallest absolute Gasteiger partial charge is 0.303 e. The molecule has 0 radical (unpaired) electrons. The Kier molecular flexibility index (Phi) is 4.76. The van der Waals surface area contributed by atoms with Crippen molar-refractivity contribution in [3.8, 4) is 0 Å². The first-order chi connectivity index (χ1) is 15.4. The van der Waals surface area contributed by atoms with Crippen LogP contribution in [0.1, 0.15) is 57.9 Å². The van der Waals surface area contributed by atoms with Crippen molar-refractivity contribution >= 4 is 28.7 Å². The highest BCUT2D eigenvalue weighted by Gasteiger charge is 2.49. The van der Waals surface area contributed by atoms with E-state index in [1.54, 1.807) is 16.8 Å². The fourth-order valence-corrected chi connectivity index (χ4v) is 4.62. The van der Waals surface area contributed by atoms with E-state index in [-0.39, 0.29) is 18.2 Å². The summed E-state index contributed by atoms with van der Waals surface area (Å²) in [6, 6.07) is 9.59. The van der Waals surface area contributed by atoms with Crippen LogP contribution in [-0.4, -0.2) is 67.0 Å². The highest BCUT2D eigenvalue weighted by Crippen LogP contribution is 2.45. The van der Waals surface area contributed by atoms with E-state index in [1.807, 2.05) is 30.3 Å². The molecular formula is C23H25N5O4. The molecule has 0 saturated heterocycles. The number of aromatic amines is 2. The number of aliphatic carboxylic acids is 1. The van der Waals surface area contributed by atoms with E-state index in [0.717, 1.165) is 35.0 Å². The number of aromatic nitrogens is 3. The summed E-state index contributed by atoms with van der Waals surface area (Å²) >= 11 is 0. The highest BCUT2D eigenvalue weighted by molar-refractivity contribution is 5.99. The molecule has 3 aromatic rings. The Balaban J connectivity index is 1.35. The molecule has 0 bridgehead atoms. The van der Waals surface area contributed by atoms with Gasteiger partial charge in [0.05, 0.1) is 6.54 Å². The molecule has 2 aliphatic rings. The highest BCUT2D eigenvalue weighted by atomic mass is 16.4. The molecule has 1 aromatic carbocycles. The first-order valence-electron chi connectivity index (χ1n) is 10.8. The van der Waals surface area contributed by atoms with Crippen molar-refractivity contribution in [3.05, 3.63) is 53.0 Å². The number of carboxylic acid groups (broad SMARTS) is 1.